The zero-order chi connectivity index (χ0) is 22.1. The van der Waals surface area contributed by atoms with Crippen LogP contribution >= 0.6 is 0 Å². The molecule has 0 unspecified atom stereocenters. The molecule has 11 heteroatoms. The molecule has 10 nitrogen and oxygen atoms in total. The number of benzene rings is 2. The third kappa shape index (κ3) is 6.78. The highest BCUT2D eigenvalue weighted by atomic mass is 19.1. The van der Waals surface area contributed by atoms with Crippen LogP contribution in [-0.4, -0.2) is 35.1 Å². The van der Waals surface area contributed by atoms with Crippen molar-refractivity contribution in [3.05, 3.63) is 75.6 Å². The summed E-state index contributed by atoms with van der Waals surface area (Å²) in [6.07, 6.45) is -0.457. The van der Waals surface area contributed by atoms with E-state index < -0.39 is 35.1 Å². The molecule has 0 fully saturated rings. The Bertz CT molecular complexity index is 959. The standard InChI is InChI=1S/C19H16FN3O7/c20-14-5-1-12(2-6-14)16(24)9-10-18(26)30-11-17(25)21-22-19(27)13-3-7-15(8-4-13)23(28)29/h1-8H,9-11H2,(H,21,25)(H,22,27). The lowest BCUT2D eigenvalue weighted by atomic mass is 10.1. The SMILES string of the molecule is O=C(COC(=O)CCC(=O)c1ccc(F)cc1)NNC(=O)c1ccc([N+](=O)[O-])cc1. The van der Waals surface area contributed by atoms with Crippen molar-refractivity contribution < 1.29 is 33.2 Å². The molecule has 0 aromatic heterocycles. The summed E-state index contributed by atoms with van der Waals surface area (Å²) in [4.78, 5) is 56.9. The van der Waals surface area contributed by atoms with E-state index in [0.29, 0.717) is 0 Å². The van der Waals surface area contributed by atoms with Gasteiger partial charge in [-0.25, -0.2) is 4.39 Å². The van der Waals surface area contributed by atoms with Crippen LogP contribution in [0.3, 0.4) is 0 Å². The molecule has 0 saturated carbocycles. The van der Waals surface area contributed by atoms with Gasteiger partial charge >= 0.3 is 5.97 Å². The quantitative estimate of drug-likeness (QED) is 0.288. The van der Waals surface area contributed by atoms with Crippen LogP contribution in [0.2, 0.25) is 0 Å². The van der Waals surface area contributed by atoms with Crippen molar-refractivity contribution in [2.24, 2.45) is 0 Å². The van der Waals surface area contributed by atoms with E-state index in [1.54, 1.807) is 0 Å². The van der Waals surface area contributed by atoms with Crippen LogP contribution in [-0.2, 0) is 14.3 Å². The molecule has 0 aliphatic carbocycles. The van der Waals surface area contributed by atoms with Crippen molar-refractivity contribution in [2.45, 2.75) is 12.8 Å². The van der Waals surface area contributed by atoms with Crippen LogP contribution in [0.4, 0.5) is 10.1 Å². The molecule has 0 aliphatic heterocycles. The van der Waals surface area contributed by atoms with Gasteiger partial charge in [-0.15, -0.1) is 0 Å². The smallest absolute Gasteiger partial charge is 0.306 e. The van der Waals surface area contributed by atoms with Crippen LogP contribution in [0.15, 0.2) is 48.5 Å². The molecule has 0 radical (unpaired) electrons. The predicted octanol–water partition coefficient (Wildman–Crippen LogP) is 1.70. The minimum atomic E-state index is -0.830. The fourth-order valence-electron chi connectivity index (χ4n) is 2.18. The number of halogens is 1. The number of nitro groups is 1. The normalized spacial score (nSPS) is 10.0. The summed E-state index contributed by atoms with van der Waals surface area (Å²) in [5, 5.41) is 10.6. The monoisotopic (exact) mass is 417 g/mol. The Labute approximate surface area is 169 Å². The maximum Gasteiger partial charge on any atom is 0.306 e. The summed E-state index contributed by atoms with van der Waals surface area (Å²) in [6.45, 7) is -0.690. The summed E-state index contributed by atoms with van der Waals surface area (Å²) in [5.41, 5.74) is 4.20. The van der Waals surface area contributed by atoms with Gasteiger partial charge in [-0.2, -0.15) is 0 Å². The van der Waals surface area contributed by atoms with Gasteiger partial charge in [-0.05, 0) is 36.4 Å². The third-order valence-corrected chi connectivity index (χ3v) is 3.74. The van der Waals surface area contributed by atoms with E-state index in [-0.39, 0.29) is 35.4 Å². The van der Waals surface area contributed by atoms with Crippen LogP contribution in [0, 0.1) is 15.9 Å². The fourth-order valence-corrected chi connectivity index (χ4v) is 2.18. The van der Waals surface area contributed by atoms with Crippen molar-refractivity contribution in [2.75, 3.05) is 6.61 Å². The first-order valence-electron chi connectivity index (χ1n) is 8.54. The summed E-state index contributed by atoms with van der Waals surface area (Å²) in [6, 6.07) is 9.52. The van der Waals surface area contributed by atoms with Crippen molar-refractivity contribution in [3.8, 4) is 0 Å². The van der Waals surface area contributed by atoms with Crippen LogP contribution < -0.4 is 10.9 Å². The highest BCUT2D eigenvalue weighted by molar-refractivity contribution is 5.98. The maximum atomic E-state index is 12.8. The summed E-state index contributed by atoms with van der Waals surface area (Å²) in [7, 11) is 0. The average molecular weight is 417 g/mol. The molecule has 0 saturated heterocycles. The van der Waals surface area contributed by atoms with E-state index >= 15 is 0 Å². The molecule has 0 atom stereocenters. The number of esters is 1. The average Bonchev–Trinajstić information content (AvgIpc) is 2.74. The number of carbonyl (C=O) groups excluding carboxylic acids is 4. The Morgan fingerprint density at radius 1 is 0.900 bits per heavy atom. The Morgan fingerprint density at radius 3 is 2.10 bits per heavy atom. The predicted molar refractivity (Wildman–Crippen MR) is 99.6 cm³/mol. The molecular formula is C19H16FN3O7. The second-order valence-electron chi connectivity index (χ2n) is 5.90. The van der Waals surface area contributed by atoms with Gasteiger partial charge in [0.15, 0.2) is 12.4 Å². The minimum absolute atomic E-state index is 0.0669. The number of amides is 2. The molecular weight excluding hydrogens is 401 g/mol. The van der Waals surface area contributed by atoms with Gasteiger partial charge in [0.1, 0.15) is 5.82 Å². The van der Waals surface area contributed by atoms with E-state index in [2.05, 4.69) is 5.43 Å². The Hall–Kier alpha value is -4.15. The number of ether oxygens (including phenoxy) is 1. The first-order valence-corrected chi connectivity index (χ1v) is 8.54. The molecule has 30 heavy (non-hydrogen) atoms. The van der Waals surface area contributed by atoms with Gasteiger partial charge in [0.05, 0.1) is 11.3 Å². The Kier molecular flexibility index (Phi) is 7.68. The fraction of sp³-hybridized carbons (Fsp3) is 0.158. The summed E-state index contributed by atoms with van der Waals surface area (Å²) < 4.78 is 17.5. The minimum Gasteiger partial charge on any atom is -0.455 e. The van der Waals surface area contributed by atoms with Gasteiger partial charge < -0.3 is 4.74 Å². The van der Waals surface area contributed by atoms with Gasteiger partial charge in [-0.1, -0.05) is 0 Å². The number of non-ortho nitro benzene ring substituents is 1. The molecule has 0 bridgehead atoms. The molecule has 2 aromatic rings. The summed E-state index contributed by atoms with van der Waals surface area (Å²) in [5.74, 6) is -3.23. The zero-order valence-electron chi connectivity index (χ0n) is 15.4. The largest absolute Gasteiger partial charge is 0.455 e. The lowest BCUT2D eigenvalue weighted by molar-refractivity contribution is -0.384. The zero-order valence-corrected chi connectivity index (χ0v) is 15.4. The number of carbonyl (C=O) groups is 4. The third-order valence-electron chi connectivity index (χ3n) is 3.74. The highest BCUT2D eigenvalue weighted by Crippen LogP contribution is 2.11. The second-order valence-corrected chi connectivity index (χ2v) is 5.90. The number of nitro benzene ring substituents is 1. The topological polar surface area (TPSA) is 145 Å². The molecule has 0 aliphatic rings. The van der Waals surface area contributed by atoms with E-state index in [1.807, 2.05) is 5.43 Å². The Morgan fingerprint density at radius 2 is 1.50 bits per heavy atom. The molecule has 2 amide bonds. The van der Waals surface area contributed by atoms with Crippen molar-refractivity contribution in [1.82, 2.24) is 10.9 Å². The second kappa shape index (κ2) is 10.4. The van der Waals surface area contributed by atoms with Gasteiger partial charge in [0.2, 0.25) is 0 Å². The molecule has 0 spiro atoms. The molecule has 156 valence electrons. The van der Waals surface area contributed by atoms with E-state index in [1.165, 1.54) is 24.3 Å². The van der Waals surface area contributed by atoms with E-state index in [0.717, 1.165) is 24.3 Å². The van der Waals surface area contributed by atoms with Crippen LogP contribution in [0.1, 0.15) is 33.6 Å². The number of nitrogens with one attached hydrogen (secondary N) is 2. The first-order chi connectivity index (χ1) is 14.3. The maximum absolute atomic E-state index is 12.8. The highest BCUT2D eigenvalue weighted by Gasteiger charge is 2.13. The number of nitrogens with zero attached hydrogens (tertiary/aromatic N) is 1. The number of Topliss-reactive ketones (excluding diaryl/α,β-unsaturated/α-hetero) is 1. The van der Waals surface area contributed by atoms with Gasteiger partial charge in [0.25, 0.3) is 17.5 Å². The lowest BCUT2D eigenvalue weighted by Crippen LogP contribution is -2.43. The number of rotatable bonds is 8. The molecule has 2 aromatic carbocycles. The first kappa shape index (κ1) is 22.1. The number of ketones is 1. The van der Waals surface area contributed by atoms with Crippen molar-refractivity contribution in [3.63, 3.8) is 0 Å². The Balaban J connectivity index is 1.69. The van der Waals surface area contributed by atoms with Gasteiger partial charge in [0, 0.05) is 29.7 Å². The number of hydrogen-bond donors (Lipinski definition) is 2. The lowest BCUT2D eigenvalue weighted by Gasteiger charge is -2.08. The van der Waals surface area contributed by atoms with Gasteiger partial charge in [-0.3, -0.25) is 40.1 Å². The molecule has 0 heterocycles. The van der Waals surface area contributed by atoms with Crippen molar-refractivity contribution >= 4 is 29.3 Å². The molecule has 2 N–H and O–H groups in total. The molecule has 2 rings (SSSR count). The van der Waals surface area contributed by atoms with E-state index in [9.17, 15) is 33.7 Å². The number of hydrazine groups is 1. The summed E-state index contributed by atoms with van der Waals surface area (Å²) >= 11 is 0. The van der Waals surface area contributed by atoms with Crippen LogP contribution in [0.25, 0.3) is 0 Å². The van der Waals surface area contributed by atoms with Crippen LogP contribution in [0.5, 0.6) is 0 Å². The van der Waals surface area contributed by atoms with Crippen molar-refractivity contribution in [1.29, 1.82) is 0 Å². The van der Waals surface area contributed by atoms with E-state index in [4.69, 9.17) is 4.74 Å². The number of hydrogen-bond acceptors (Lipinski definition) is 7.